The van der Waals surface area contributed by atoms with Gasteiger partial charge >= 0.3 is 20.8 Å². The van der Waals surface area contributed by atoms with Crippen molar-refractivity contribution in [2.75, 3.05) is 9.62 Å². The quantitative estimate of drug-likeness (QED) is 0.156. The molecule has 0 saturated carbocycles. The van der Waals surface area contributed by atoms with Crippen molar-refractivity contribution in [3.05, 3.63) is 367 Å². The topological polar surface area (TPSA) is 46.9 Å². The maximum atomic E-state index is 8.58. The van der Waals surface area contributed by atoms with E-state index in [4.69, 9.17) is 10.0 Å². The normalized spacial score (nSPS) is 12.2. The molecule has 0 atom stereocenters. The van der Waals surface area contributed by atoms with Gasteiger partial charge in [0.15, 0.2) is 0 Å². The number of halogens is 2. The summed E-state index contributed by atoms with van der Waals surface area (Å²) in [6, 6.07) is 129. The van der Waals surface area contributed by atoms with Gasteiger partial charge in [-0.15, -0.1) is 0 Å². The number of anilines is 4. The molecule has 4 nitrogen and oxygen atoms in total. The summed E-state index contributed by atoms with van der Waals surface area (Å²) >= 11 is 7.52. The lowest BCUT2D eigenvalue weighted by Gasteiger charge is -2.44. The zero-order valence-electron chi connectivity index (χ0n) is 53.8. The fourth-order valence-corrected chi connectivity index (χ4v) is 15.8. The Morgan fingerprint density at radius 3 is 0.687 bits per heavy atom. The molecule has 0 aromatic heterocycles. The van der Waals surface area contributed by atoms with Crippen LogP contribution >= 0.6 is 31.9 Å². The molecule has 0 fully saturated rings. The fraction of sp³-hybridized carbons (Fsp3) is 0. The average Bonchev–Trinajstić information content (AvgIpc) is 0.706. The van der Waals surface area contributed by atoms with Crippen LogP contribution in [0.4, 0.5) is 22.7 Å². The van der Waals surface area contributed by atoms with Gasteiger partial charge in [0.1, 0.15) is 0 Å². The van der Waals surface area contributed by atoms with Crippen LogP contribution in [0.5, 0.6) is 0 Å². The first-order valence-corrected chi connectivity index (χ1v) is 35.1. The molecule has 0 spiro atoms. The van der Waals surface area contributed by atoms with E-state index >= 15 is 0 Å². The van der Waals surface area contributed by atoms with Gasteiger partial charge < -0.3 is 19.7 Å². The largest absolute Gasteiger partial charge is 0.488 e. The van der Waals surface area contributed by atoms with Crippen LogP contribution in [0.3, 0.4) is 0 Å². The molecule has 0 unspecified atom stereocenters. The van der Waals surface area contributed by atoms with Gasteiger partial charge in [0, 0.05) is 53.9 Å². The van der Waals surface area contributed by atoms with E-state index in [-0.39, 0.29) is 13.7 Å². The molecule has 15 aromatic rings. The molecule has 4 heterocycles. The molecule has 0 amide bonds. The molecular weight excluding hydrogens is 1330 g/mol. The summed E-state index contributed by atoms with van der Waals surface area (Å²) in [6.45, 7) is 0.0390. The summed E-state index contributed by atoms with van der Waals surface area (Å²) in [4.78, 5) is 5.17. The van der Waals surface area contributed by atoms with Crippen molar-refractivity contribution in [1.29, 1.82) is 0 Å². The lowest BCUT2D eigenvalue weighted by Crippen LogP contribution is -2.59. The third-order valence-electron chi connectivity index (χ3n) is 19.8. The second-order valence-corrected chi connectivity index (χ2v) is 27.4. The van der Waals surface area contributed by atoms with E-state index in [1.54, 1.807) is 24.3 Å². The second kappa shape index (κ2) is 26.4. The molecule has 4 aliphatic heterocycles. The van der Waals surface area contributed by atoms with Gasteiger partial charge in [0.05, 0.1) is 0 Å². The van der Waals surface area contributed by atoms with Crippen molar-refractivity contribution in [2.45, 2.75) is 0 Å². The maximum Gasteiger partial charge on any atom is 0.488 e. The first-order valence-electron chi connectivity index (χ1n) is 33.5. The third kappa shape index (κ3) is 11.6. The van der Waals surface area contributed by atoms with E-state index in [0.717, 1.165) is 8.95 Å². The summed E-state index contributed by atoms with van der Waals surface area (Å²) in [5, 5.41) is 17.2. The minimum atomic E-state index is -1.34. The summed E-state index contributed by atoms with van der Waals surface area (Å²) < 4.78 is 2.17. The summed E-state index contributed by atoms with van der Waals surface area (Å²) in [6.07, 6.45) is 0. The molecule has 0 aliphatic carbocycles. The van der Waals surface area contributed by atoms with Crippen molar-refractivity contribution in [3.63, 3.8) is 0 Å². The number of rotatable bonds is 7. The number of fused-ring (bicyclic) bond motifs is 22. The van der Waals surface area contributed by atoms with Crippen LogP contribution in [-0.4, -0.2) is 30.9 Å². The highest BCUT2D eigenvalue weighted by Gasteiger charge is 2.45. The zero-order valence-corrected chi connectivity index (χ0v) is 57.0. The van der Waals surface area contributed by atoms with Crippen molar-refractivity contribution in [3.8, 4) is 111 Å². The van der Waals surface area contributed by atoms with Crippen molar-refractivity contribution in [2.24, 2.45) is 0 Å². The molecule has 4 aliphatic rings. The summed E-state index contributed by atoms with van der Waals surface area (Å²) in [5.74, 6) is 0. The molecule has 99 heavy (non-hydrogen) atoms. The number of hydrogen-bond donors (Lipinski definition) is 2. The van der Waals surface area contributed by atoms with Crippen LogP contribution in [0.2, 0.25) is 0 Å². The molecule has 2 N–H and O–H groups in total. The van der Waals surface area contributed by atoms with E-state index in [1.807, 2.05) is 6.07 Å². The molecule has 0 radical (unpaired) electrons. The lowest BCUT2D eigenvalue weighted by molar-refractivity contribution is 0.426. The summed E-state index contributed by atoms with van der Waals surface area (Å²) in [7, 11) is -1.34. The van der Waals surface area contributed by atoms with Crippen molar-refractivity contribution < 1.29 is 10.0 Å². The smallest absolute Gasteiger partial charge is 0.423 e. The predicted octanol–water partition coefficient (Wildman–Crippen LogP) is 20.1. The number of benzene rings is 15. The van der Waals surface area contributed by atoms with Crippen molar-refractivity contribution in [1.82, 2.24) is 0 Å². The molecule has 0 bridgehead atoms. The van der Waals surface area contributed by atoms with Crippen LogP contribution < -0.4 is 36.9 Å². The number of nitrogens with zero attached hydrogens (tertiary/aromatic N) is 2. The van der Waals surface area contributed by atoms with Gasteiger partial charge in [0.2, 0.25) is 0 Å². The van der Waals surface area contributed by atoms with Crippen LogP contribution in [-0.2, 0) is 0 Å². The highest BCUT2D eigenvalue weighted by molar-refractivity contribution is 9.10. The third-order valence-corrected chi connectivity index (χ3v) is 20.7. The van der Waals surface area contributed by atoms with Gasteiger partial charge in [-0.3, -0.25) is 0 Å². The standard InChI is InChI=1S/C48H32BN.C36H22BBr2N.C6H7BO2/c1-5-13-33(14-6-1)37-23-27-47-43(29-37)41-25-21-39(35-17-9-3-10-18-35)31-45(41)49-46-32-40(36-19-11-4-12-20-36)22-26-42(46)44-30-38(24-28-48(44)50(47)49)34-15-7-2-8-16-34;38-27-13-17-35-31(21-27)29-15-11-25(23-7-3-1-4-8-23)19-33(29)37-34-20-26(24-9-5-2-6-10-24)12-16-30(34)32-22-28(39)14-18-36(32)40(35)37;8-7(9)6-4-2-1-3-5-6/h1-32H;1-22H;1-5,8-9H. The Morgan fingerprint density at radius 2 is 0.434 bits per heavy atom. The van der Waals surface area contributed by atoms with Crippen LogP contribution in [0, 0.1) is 0 Å². The van der Waals surface area contributed by atoms with E-state index in [2.05, 4.69) is 369 Å². The van der Waals surface area contributed by atoms with Gasteiger partial charge in [0.25, 0.3) is 0 Å². The highest BCUT2D eigenvalue weighted by Crippen LogP contribution is 2.51. The molecule has 9 heteroatoms. The maximum absolute atomic E-state index is 8.58. The molecular formula is C90H61B3Br2N2O2. The Kier molecular flexibility index (Phi) is 16.4. The van der Waals surface area contributed by atoms with E-state index < -0.39 is 7.12 Å². The van der Waals surface area contributed by atoms with E-state index in [9.17, 15) is 0 Å². The minimum Gasteiger partial charge on any atom is -0.423 e. The summed E-state index contributed by atoms with van der Waals surface area (Å²) in [5.41, 5.74) is 35.7. The number of hydrogen-bond acceptors (Lipinski definition) is 4. The van der Waals surface area contributed by atoms with E-state index in [0.29, 0.717) is 5.46 Å². The van der Waals surface area contributed by atoms with Gasteiger partial charge in [-0.05, 0) is 177 Å². The molecule has 19 rings (SSSR count). The Hall–Kier alpha value is -11.0. The Morgan fingerprint density at radius 1 is 0.212 bits per heavy atom. The van der Waals surface area contributed by atoms with Crippen LogP contribution in [0.1, 0.15) is 0 Å². The van der Waals surface area contributed by atoms with Gasteiger partial charge in [-0.2, -0.15) is 0 Å². The van der Waals surface area contributed by atoms with E-state index in [1.165, 1.54) is 156 Å². The average molecular weight is 1390 g/mol. The minimum absolute atomic E-state index is 0.00234. The molecule has 466 valence electrons. The first kappa shape index (κ1) is 61.6. The fourth-order valence-electron chi connectivity index (χ4n) is 15.1. The lowest BCUT2D eigenvalue weighted by atomic mass is 9.43. The van der Waals surface area contributed by atoms with Crippen LogP contribution in [0.15, 0.2) is 367 Å². The van der Waals surface area contributed by atoms with Crippen molar-refractivity contribution >= 4 is 103 Å². The molecule has 0 saturated heterocycles. The van der Waals surface area contributed by atoms with Gasteiger partial charge in [-0.1, -0.05) is 329 Å². The Labute approximate surface area is 596 Å². The predicted molar refractivity (Wildman–Crippen MR) is 426 cm³/mol. The Balaban J connectivity index is 0.000000134. The first-order chi connectivity index (χ1) is 48.8. The zero-order chi connectivity index (χ0) is 66.5. The second-order valence-electron chi connectivity index (χ2n) is 25.5. The molecule has 15 aromatic carbocycles. The SMILES string of the molecule is Brc1ccc2c(c1)-c1ccc(-c3ccccc3)cc1B1c3cc(-c4ccccc4)ccc3-c3cc(Br)ccc3N12.OB(O)c1ccccc1.c1ccc(-c2ccc3c(c2)B2c4cc(-c5ccccc5)ccc4-c4cc(-c5ccccc5)ccc4N2c2ccc(-c4ccccc4)cc2-3)cc1. The highest BCUT2D eigenvalue weighted by atomic mass is 79.9. The Bertz CT molecular complexity index is 5200. The van der Waals surface area contributed by atoms with Gasteiger partial charge in [-0.25, -0.2) is 0 Å². The monoisotopic (exact) mass is 1390 g/mol. The van der Waals surface area contributed by atoms with Crippen LogP contribution in [0.25, 0.3) is 111 Å².